The Bertz CT molecular complexity index is 3240. The number of allylic oxidation sites excluding steroid dienone is 4. The fourth-order valence-corrected chi connectivity index (χ4v) is 9.90. The van der Waals surface area contributed by atoms with E-state index in [0.29, 0.717) is 0 Å². The Morgan fingerprint density at radius 3 is 1.71 bits per heavy atom. The first-order chi connectivity index (χ1) is 30.7. The summed E-state index contributed by atoms with van der Waals surface area (Å²) in [6.07, 6.45) is 9.63. The van der Waals surface area contributed by atoms with Gasteiger partial charge in [-0.05, 0) is 88.3 Å². The van der Waals surface area contributed by atoms with Gasteiger partial charge in [-0.25, -0.2) is 9.97 Å². The van der Waals surface area contributed by atoms with E-state index >= 15 is 0 Å². The number of thiophene rings is 1. The van der Waals surface area contributed by atoms with Crippen LogP contribution in [-0.4, -0.2) is 9.97 Å². The summed E-state index contributed by atoms with van der Waals surface area (Å²) in [4.78, 5) is 12.9. The highest BCUT2D eigenvalue weighted by atomic mass is 32.1. The van der Waals surface area contributed by atoms with Gasteiger partial charge in [0, 0.05) is 54.3 Å². The predicted octanol–water partition coefficient (Wildman–Crippen LogP) is 16.2. The topological polar surface area (TPSA) is 29.0 Å². The fraction of sp³-hybridized carbons (Fsp3) is 0.0345. The summed E-state index contributed by atoms with van der Waals surface area (Å²) in [5, 5.41) is 2.49. The zero-order valence-corrected chi connectivity index (χ0v) is 34.8. The summed E-state index contributed by atoms with van der Waals surface area (Å²) in [6, 6.07) is 73.8. The van der Waals surface area contributed by atoms with Crippen molar-refractivity contribution in [2.45, 2.75) is 12.3 Å². The number of rotatable bonds is 9. The lowest BCUT2D eigenvalue weighted by Gasteiger charge is -2.25. The first-order valence-corrected chi connectivity index (χ1v) is 22.0. The largest absolute Gasteiger partial charge is 0.310 e. The Kier molecular flexibility index (Phi) is 9.89. The molecule has 1 aliphatic carbocycles. The van der Waals surface area contributed by atoms with Crippen molar-refractivity contribution in [3.8, 4) is 56.0 Å². The van der Waals surface area contributed by atoms with Crippen molar-refractivity contribution in [3.63, 3.8) is 0 Å². The Balaban J connectivity index is 0.980. The minimum Gasteiger partial charge on any atom is -0.310 e. The quantitative estimate of drug-likeness (QED) is 0.145. The summed E-state index contributed by atoms with van der Waals surface area (Å²) in [7, 11) is 0. The lowest BCUT2D eigenvalue weighted by molar-refractivity contribution is 0.811. The van der Waals surface area contributed by atoms with Gasteiger partial charge in [-0.15, -0.1) is 11.3 Å². The normalized spacial score (nSPS) is 13.5. The van der Waals surface area contributed by atoms with Crippen LogP contribution in [0.15, 0.2) is 231 Å². The molecule has 8 aromatic carbocycles. The second kappa shape index (κ2) is 16.4. The molecule has 0 spiro atoms. The molecule has 0 saturated carbocycles. The van der Waals surface area contributed by atoms with Crippen LogP contribution in [0, 0.1) is 0 Å². The third kappa shape index (κ3) is 7.21. The number of aromatic nitrogens is 2. The van der Waals surface area contributed by atoms with Crippen LogP contribution in [0.1, 0.15) is 18.0 Å². The van der Waals surface area contributed by atoms with Crippen molar-refractivity contribution in [2.24, 2.45) is 0 Å². The van der Waals surface area contributed by atoms with Crippen LogP contribution in [0.4, 0.5) is 17.1 Å². The van der Waals surface area contributed by atoms with Crippen LogP contribution in [0.2, 0.25) is 0 Å². The molecule has 0 fully saturated rings. The van der Waals surface area contributed by atoms with Gasteiger partial charge in [-0.3, -0.25) is 0 Å². The molecule has 1 aliphatic rings. The third-order valence-corrected chi connectivity index (χ3v) is 13.0. The molecule has 0 aliphatic heterocycles. The van der Waals surface area contributed by atoms with E-state index in [1.54, 1.807) is 0 Å². The monoisotopic (exact) mass is 811 g/mol. The van der Waals surface area contributed by atoms with E-state index in [-0.39, 0.29) is 5.92 Å². The summed E-state index contributed by atoms with van der Waals surface area (Å²) in [5.41, 5.74) is 14.5. The highest BCUT2D eigenvalue weighted by Crippen LogP contribution is 2.45. The molecular weight excluding hydrogens is 771 g/mol. The predicted molar refractivity (Wildman–Crippen MR) is 262 cm³/mol. The maximum Gasteiger partial charge on any atom is 0.160 e. The number of fused-ring (bicyclic) bond motifs is 3. The molecule has 0 saturated heterocycles. The second-order valence-electron chi connectivity index (χ2n) is 15.7. The van der Waals surface area contributed by atoms with E-state index in [2.05, 4.69) is 235 Å². The first kappa shape index (κ1) is 37.3. The molecular formula is C58H41N3S. The fourth-order valence-electron chi connectivity index (χ4n) is 8.74. The van der Waals surface area contributed by atoms with Crippen molar-refractivity contribution in [1.82, 2.24) is 9.97 Å². The van der Waals surface area contributed by atoms with E-state index in [1.807, 2.05) is 11.3 Å². The lowest BCUT2D eigenvalue weighted by atomic mass is 9.93. The summed E-state index contributed by atoms with van der Waals surface area (Å²) >= 11 is 1.84. The Morgan fingerprint density at radius 2 is 1.02 bits per heavy atom. The molecule has 1 atom stereocenters. The van der Waals surface area contributed by atoms with Crippen LogP contribution >= 0.6 is 11.3 Å². The molecule has 0 amide bonds. The van der Waals surface area contributed by atoms with Crippen molar-refractivity contribution in [3.05, 3.63) is 236 Å². The number of para-hydroxylation sites is 1. The summed E-state index contributed by atoms with van der Waals surface area (Å²) in [6.45, 7) is 0. The van der Waals surface area contributed by atoms with Gasteiger partial charge in [0.1, 0.15) is 0 Å². The molecule has 62 heavy (non-hydrogen) atoms. The van der Waals surface area contributed by atoms with Gasteiger partial charge in [0.25, 0.3) is 0 Å². The summed E-state index contributed by atoms with van der Waals surface area (Å²) in [5.74, 6) is 0.938. The van der Waals surface area contributed by atoms with E-state index < -0.39 is 0 Å². The molecule has 11 rings (SSSR count). The molecule has 4 heteroatoms. The summed E-state index contributed by atoms with van der Waals surface area (Å²) < 4.78 is 2.48. The van der Waals surface area contributed by atoms with Crippen molar-refractivity contribution in [1.29, 1.82) is 0 Å². The standard InChI is InChI=1S/C58H41N3S/c1-5-16-40(17-6-1)41-28-30-42(31-29-41)43-32-34-47(35-33-43)61(46-22-11-4-12-23-46)48-36-37-52-56(38-48)62-55-27-15-26-50(57(52)55)49-24-13-14-25-51(49)58-59-53(44-18-7-2-8-19-44)39-54(60-58)45-20-9-3-10-21-45/h1-20,22-39,45H,21H2. The SMILES string of the molecule is C1=CCC(c2cc(-c3ccccc3)nc(-c3ccccc3-c3cccc4sc5cc(N(c6ccccc6)c6ccc(-c7ccc(-c8ccccc8)cc7)cc6)ccc5c34)n2)C=C1. The Labute approximate surface area is 366 Å². The zero-order chi connectivity index (χ0) is 41.2. The van der Waals surface area contributed by atoms with Crippen LogP contribution in [0.25, 0.3) is 76.2 Å². The number of hydrogen-bond donors (Lipinski definition) is 0. The minimum absolute atomic E-state index is 0.195. The number of hydrogen-bond acceptors (Lipinski definition) is 4. The van der Waals surface area contributed by atoms with E-state index in [0.717, 1.165) is 57.4 Å². The molecule has 0 bridgehead atoms. The van der Waals surface area contributed by atoms with E-state index in [9.17, 15) is 0 Å². The molecule has 1 unspecified atom stereocenters. The van der Waals surface area contributed by atoms with Gasteiger partial charge in [0.15, 0.2) is 5.82 Å². The number of nitrogens with zero attached hydrogens (tertiary/aromatic N) is 3. The smallest absolute Gasteiger partial charge is 0.160 e. The Hall–Kier alpha value is -7.66. The average Bonchev–Trinajstić information content (AvgIpc) is 3.74. The van der Waals surface area contributed by atoms with Crippen molar-refractivity contribution < 1.29 is 0 Å². The molecule has 2 heterocycles. The molecule has 2 aromatic heterocycles. The Morgan fingerprint density at radius 1 is 0.435 bits per heavy atom. The second-order valence-corrected chi connectivity index (χ2v) is 16.8. The highest BCUT2D eigenvalue weighted by molar-refractivity contribution is 7.26. The molecule has 10 aromatic rings. The highest BCUT2D eigenvalue weighted by Gasteiger charge is 2.21. The van der Waals surface area contributed by atoms with Gasteiger partial charge in [-0.1, -0.05) is 182 Å². The first-order valence-electron chi connectivity index (χ1n) is 21.2. The maximum atomic E-state index is 5.30. The number of benzene rings is 8. The average molecular weight is 812 g/mol. The van der Waals surface area contributed by atoms with Gasteiger partial charge in [0.2, 0.25) is 0 Å². The minimum atomic E-state index is 0.195. The molecule has 294 valence electrons. The third-order valence-electron chi connectivity index (χ3n) is 11.8. The van der Waals surface area contributed by atoms with Crippen molar-refractivity contribution >= 4 is 48.6 Å². The van der Waals surface area contributed by atoms with Crippen LogP contribution in [0.3, 0.4) is 0 Å². The van der Waals surface area contributed by atoms with Crippen molar-refractivity contribution in [2.75, 3.05) is 4.90 Å². The van der Waals surface area contributed by atoms with E-state index in [1.165, 1.54) is 48.0 Å². The maximum absolute atomic E-state index is 5.30. The van der Waals surface area contributed by atoms with Gasteiger partial charge >= 0.3 is 0 Å². The van der Waals surface area contributed by atoms with Crippen LogP contribution in [0.5, 0.6) is 0 Å². The van der Waals surface area contributed by atoms with Crippen LogP contribution in [-0.2, 0) is 0 Å². The van der Waals surface area contributed by atoms with Gasteiger partial charge < -0.3 is 4.90 Å². The van der Waals surface area contributed by atoms with Gasteiger partial charge in [-0.2, -0.15) is 0 Å². The van der Waals surface area contributed by atoms with Crippen LogP contribution < -0.4 is 4.90 Å². The molecule has 0 N–H and O–H groups in total. The van der Waals surface area contributed by atoms with Gasteiger partial charge in [0.05, 0.1) is 11.4 Å². The molecule has 3 nitrogen and oxygen atoms in total. The zero-order valence-electron chi connectivity index (χ0n) is 34.0. The molecule has 0 radical (unpaired) electrons. The lowest BCUT2D eigenvalue weighted by Crippen LogP contribution is -2.09. The number of anilines is 3. The van der Waals surface area contributed by atoms with E-state index in [4.69, 9.17) is 9.97 Å².